The fourth-order valence-corrected chi connectivity index (χ4v) is 5.75. The van der Waals surface area contributed by atoms with Gasteiger partial charge in [0, 0.05) is 43.6 Å². The molecule has 2 aliphatic rings. The Morgan fingerprint density at radius 3 is 2.20 bits per heavy atom. The molecule has 0 saturated carbocycles. The number of anilines is 2. The third-order valence-corrected chi connectivity index (χ3v) is 8.11. The molecule has 0 radical (unpaired) electrons. The van der Waals surface area contributed by atoms with Gasteiger partial charge in [0.15, 0.2) is 0 Å². The summed E-state index contributed by atoms with van der Waals surface area (Å²) in [6.45, 7) is 3.58. The van der Waals surface area contributed by atoms with Gasteiger partial charge in [-0.15, -0.1) is 0 Å². The largest absolute Gasteiger partial charge is 0.445 e. The number of hydrogen-bond acceptors (Lipinski definition) is 5. The fraction of sp³-hybridized carbons (Fsp3) is 0.412. The molecule has 41 heavy (non-hydrogen) atoms. The summed E-state index contributed by atoms with van der Waals surface area (Å²) in [5, 5.41) is 6.80. The van der Waals surface area contributed by atoms with Crippen LogP contribution in [0.1, 0.15) is 49.7 Å². The van der Waals surface area contributed by atoms with Gasteiger partial charge >= 0.3 is 6.09 Å². The van der Waals surface area contributed by atoms with Crippen LogP contribution in [0.3, 0.4) is 0 Å². The maximum absolute atomic E-state index is 13.5. The van der Waals surface area contributed by atoms with Crippen molar-refractivity contribution in [2.45, 2.75) is 63.6 Å². The summed E-state index contributed by atoms with van der Waals surface area (Å²) in [7, 11) is 0. The summed E-state index contributed by atoms with van der Waals surface area (Å²) in [6, 6.07) is 28.0. The molecule has 2 heterocycles. The van der Waals surface area contributed by atoms with Gasteiger partial charge in [-0.25, -0.2) is 4.79 Å². The summed E-state index contributed by atoms with van der Waals surface area (Å²) in [5.74, 6) is -0.112. The van der Waals surface area contributed by atoms with Gasteiger partial charge in [0.05, 0.1) is 0 Å². The molecule has 2 aliphatic heterocycles. The van der Waals surface area contributed by atoms with E-state index < -0.39 is 12.1 Å². The SMILES string of the molecule is O=C(N[C@@H](CCc1ccccc1)CNc1ccc(N2CCCCC2)cc1)C1CCCN1C(=O)OCc1ccccc1. The van der Waals surface area contributed by atoms with Crippen molar-refractivity contribution < 1.29 is 14.3 Å². The van der Waals surface area contributed by atoms with Crippen LogP contribution in [0.2, 0.25) is 0 Å². The number of aryl methyl sites for hydroxylation is 1. The third kappa shape index (κ3) is 8.26. The molecule has 0 aromatic heterocycles. The standard InChI is InChI=1S/C34H42N4O3/c39-33(32-15-10-24-38(32)34(40)41-26-28-13-6-2-7-14-28)36-30(17-16-27-11-4-1-5-12-27)25-35-29-18-20-31(21-19-29)37-22-8-3-9-23-37/h1-2,4-7,11-14,18-21,30,32,35H,3,8-10,15-17,22-26H2,(H,36,39)/t30-,32?/m0/s1. The van der Waals surface area contributed by atoms with Crippen LogP contribution in [-0.4, -0.2) is 55.2 Å². The Kier molecular flexibility index (Phi) is 10.1. The first-order valence-electron chi connectivity index (χ1n) is 15.1. The average Bonchev–Trinajstić information content (AvgIpc) is 3.53. The number of piperidine rings is 1. The number of ether oxygens (including phenoxy) is 1. The first-order valence-corrected chi connectivity index (χ1v) is 15.1. The molecule has 3 aromatic carbocycles. The molecule has 2 atom stereocenters. The van der Waals surface area contributed by atoms with Gasteiger partial charge in [0.2, 0.25) is 5.91 Å². The minimum atomic E-state index is -0.513. The summed E-state index contributed by atoms with van der Waals surface area (Å²) in [4.78, 5) is 30.4. The number of amides is 2. The Morgan fingerprint density at radius 2 is 1.49 bits per heavy atom. The molecule has 7 heteroatoms. The summed E-state index contributed by atoms with van der Waals surface area (Å²) in [6.07, 6.45) is 6.48. The van der Waals surface area contributed by atoms with E-state index in [-0.39, 0.29) is 18.6 Å². The normalized spacial score (nSPS) is 17.6. The molecule has 0 aliphatic carbocycles. The molecule has 2 fully saturated rings. The minimum absolute atomic E-state index is 0.0905. The second kappa shape index (κ2) is 14.6. The Morgan fingerprint density at radius 1 is 0.805 bits per heavy atom. The summed E-state index contributed by atoms with van der Waals surface area (Å²) >= 11 is 0. The Balaban J connectivity index is 1.18. The van der Waals surface area contributed by atoms with Gasteiger partial charge in [0.1, 0.15) is 12.6 Å². The smallest absolute Gasteiger partial charge is 0.410 e. The van der Waals surface area contributed by atoms with Crippen LogP contribution in [0, 0.1) is 0 Å². The van der Waals surface area contributed by atoms with Crippen LogP contribution in [0.25, 0.3) is 0 Å². The van der Waals surface area contributed by atoms with Crippen LogP contribution in [-0.2, 0) is 22.6 Å². The first-order chi connectivity index (χ1) is 20.2. The van der Waals surface area contributed by atoms with Crippen LogP contribution in [0.15, 0.2) is 84.9 Å². The number of rotatable bonds is 11. The van der Waals surface area contributed by atoms with E-state index in [9.17, 15) is 9.59 Å². The fourth-order valence-electron chi connectivity index (χ4n) is 5.75. The van der Waals surface area contributed by atoms with Crippen LogP contribution in [0.4, 0.5) is 16.2 Å². The van der Waals surface area contributed by atoms with Crippen molar-refractivity contribution in [3.8, 4) is 0 Å². The average molecular weight is 555 g/mol. The van der Waals surface area contributed by atoms with Crippen molar-refractivity contribution in [1.82, 2.24) is 10.2 Å². The van der Waals surface area contributed by atoms with E-state index in [0.29, 0.717) is 19.5 Å². The van der Waals surface area contributed by atoms with Gasteiger partial charge in [-0.2, -0.15) is 0 Å². The lowest BCUT2D eigenvalue weighted by molar-refractivity contribution is -0.125. The van der Waals surface area contributed by atoms with E-state index in [1.807, 2.05) is 48.5 Å². The zero-order valence-electron chi connectivity index (χ0n) is 23.8. The Bertz CT molecular complexity index is 1230. The highest BCUT2D eigenvalue weighted by Crippen LogP contribution is 2.23. The topological polar surface area (TPSA) is 73.9 Å². The zero-order valence-corrected chi connectivity index (χ0v) is 23.8. The van der Waals surface area contributed by atoms with Crippen LogP contribution in [0.5, 0.6) is 0 Å². The predicted octanol–water partition coefficient (Wildman–Crippen LogP) is 6.01. The lowest BCUT2D eigenvalue weighted by Gasteiger charge is -2.29. The number of carbonyl (C=O) groups excluding carboxylic acids is 2. The van der Waals surface area contributed by atoms with Gasteiger partial charge in [0.25, 0.3) is 0 Å². The molecule has 3 aromatic rings. The van der Waals surface area contributed by atoms with Gasteiger partial charge in [-0.3, -0.25) is 9.69 Å². The minimum Gasteiger partial charge on any atom is -0.445 e. The van der Waals surface area contributed by atoms with E-state index >= 15 is 0 Å². The second-order valence-electron chi connectivity index (χ2n) is 11.1. The summed E-state index contributed by atoms with van der Waals surface area (Å²) < 4.78 is 5.55. The van der Waals surface area contributed by atoms with E-state index in [1.165, 1.54) is 30.5 Å². The molecular formula is C34H42N4O3. The van der Waals surface area contributed by atoms with Crippen LogP contribution >= 0.6 is 0 Å². The highest BCUT2D eigenvalue weighted by molar-refractivity contribution is 5.86. The van der Waals surface area contributed by atoms with Gasteiger partial charge in [-0.1, -0.05) is 60.7 Å². The monoisotopic (exact) mass is 554 g/mol. The first kappa shape index (κ1) is 28.5. The quantitative estimate of drug-likeness (QED) is 0.304. The number of carbonyl (C=O) groups is 2. The molecule has 0 spiro atoms. The summed E-state index contributed by atoms with van der Waals surface area (Å²) in [5.41, 5.74) is 4.48. The molecule has 216 valence electrons. The van der Waals surface area contributed by atoms with Crippen molar-refractivity contribution in [1.29, 1.82) is 0 Å². The molecule has 5 rings (SSSR count). The highest BCUT2D eigenvalue weighted by Gasteiger charge is 2.36. The van der Waals surface area contributed by atoms with Crippen molar-refractivity contribution in [3.05, 3.63) is 96.1 Å². The number of likely N-dealkylation sites (tertiary alicyclic amines) is 1. The van der Waals surface area contributed by atoms with Crippen LogP contribution < -0.4 is 15.5 Å². The molecule has 2 saturated heterocycles. The van der Waals surface area contributed by atoms with Gasteiger partial charge < -0.3 is 20.3 Å². The number of hydrogen-bond donors (Lipinski definition) is 2. The van der Waals surface area contributed by atoms with Crippen molar-refractivity contribution in [3.63, 3.8) is 0 Å². The number of nitrogens with one attached hydrogen (secondary N) is 2. The molecular weight excluding hydrogens is 512 g/mol. The van der Waals surface area contributed by atoms with E-state index in [1.54, 1.807) is 4.90 Å². The molecule has 2 N–H and O–H groups in total. The van der Waals surface area contributed by atoms with Gasteiger partial charge in [-0.05, 0) is 80.3 Å². The number of benzene rings is 3. The van der Waals surface area contributed by atoms with Crippen molar-refractivity contribution >= 4 is 23.4 Å². The Hall–Kier alpha value is -4.00. The molecule has 1 unspecified atom stereocenters. The van der Waals surface area contributed by atoms with Crippen molar-refractivity contribution in [2.75, 3.05) is 36.4 Å². The second-order valence-corrected chi connectivity index (χ2v) is 11.1. The van der Waals surface area contributed by atoms with E-state index in [4.69, 9.17) is 4.74 Å². The number of nitrogens with zero attached hydrogens (tertiary/aromatic N) is 2. The third-order valence-electron chi connectivity index (χ3n) is 8.11. The van der Waals surface area contributed by atoms with E-state index in [2.05, 4.69) is 51.9 Å². The van der Waals surface area contributed by atoms with E-state index in [0.717, 1.165) is 43.6 Å². The Labute approximate surface area is 243 Å². The maximum atomic E-state index is 13.5. The lowest BCUT2D eigenvalue weighted by Crippen LogP contribution is -2.50. The zero-order chi connectivity index (χ0) is 28.3. The lowest BCUT2D eigenvalue weighted by atomic mass is 10.0. The predicted molar refractivity (Wildman–Crippen MR) is 164 cm³/mol. The van der Waals surface area contributed by atoms with Crippen molar-refractivity contribution in [2.24, 2.45) is 0 Å². The maximum Gasteiger partial charge on any atom is 0.410 e. The molecule has 2 amide bonds. The molecule has 7 nitrogen and oxygen atoms in total. The highest BCUT2D eigenvalue weighted by atomic mass is 16.6. The molecule has 0 bridgehead atoms.